The number of aliphatic hydroxyl groups is 1. The lowest BCUT2D eigenvalue weighted by Crippen LogP contribution is -2.62. The van der Waals surface area contributed by atoms with E-state index in [1.807, 2.05) is 88.1 Å². The lowest BCUT2D eigenvalue weighted by atomic mass is 9.93. The third-order valence-corrected chi connectivity index (χ3v) is 16.0. The third kappa shape index (κ3) is 22.8. The van der Waals surface area contributed by atoms with Crippen molar-refractivity contribution in [2.75, 3.05) is 75.6 Å². The van der Waals surface area contributed by atoms with Crippen molar-refractivity contribution < 1.29 is 57.7 Å². The van der Waals surface area contributed by atoms with Gasteiger partial charge in [0, 0.05) is 55.4 Å². The number of hydrogen-bond donors (Lipinski definition) is 5. The molecular formula is C60H111N11O12. The van der Waals surface area contributed by atoms with Crippen LogP contribution in [0.4, 0.5) is 4.79 Å². The average molecular weight is 1180 g/mol. The number of carbonyl (C=O) groups is 9. The molecule has 11 atom stereocenters. The van der Waals surface area contributed by atoms with E-state index in [9.17, 15) is 43.5 Å². The highest BCUT2D eigenvalue weighted by atomic mass is 16.6. The number of likely N-dealkylation sites (tertiary alicyclic amines) is 1. The number of amides is 8. The highest BCUT2D eigenvalue weighted by molar-refractivity contribution is 5.97. The van der Waals surface area contributed by atoms with Crippen LogP contribution in [0.5, 0.6) is 0 Å². The maximum Gasteiger partial charge on any atom is 0.417 e. The van der Waals surface area contributed by atoms with Crippen molar-refractivity contribution in [3.63, 3.8) is 0 Å². The van der Waals surface area contributed by atoms with E-state index in [0.717, 1.165) is 22.9 Å². The largest absolute Gasteiger partial charge is 0.417 e. The van der Waals surface area contributed by atoms with Crippen molar-refractivity contribution in [1.82, 2.24) is 55.6 Å². The minimum absolute atomic E-state index is 0.0591. The molecule has 0 bridgehead atoms. The molecule has 83 heavy (non-hydrogen) atoms. The van der Waals surface area contributed by atoms with Crippen molar-refractivity contribution in [3.05, 3.63) is 0 Å². The fourth-order valence-electron chi connectivity index (χ4n) is 10.8. The van der Waals surface area contributed by atoms with Crippen LogP contribution in [0.2, 0.25) is 0 Å². The standard InChI is InChI=1S/C60H111N11O12/c1-34(2)25-44-56(77)70(21)52(39(11)12)58(79)67(18)47(30-40(13)23-24-71-31-43(32-71)82-22)55(76)64-51(42(15)72)57(78)65(16)33-50(73)66(17)45(26-35(3)4)54(75)63-49(29-38(9)10)69(20)48(28-37(7)8)61-41(14)59(80)83-60(81)68(19)46(27-36(5)6)53(74)62-44/h34-49,51-52,61,72H,23-33H2,1-22H3,(H,62,74)(H,63,75)(H,64,76)/t40-,41-,42-,44-,45+,46-,47?,48-,49+,51?,52?/m1/s1. The zero-order chi connectivity index (χ0) is 63.7. The molecule has 0 aromatic carbocycles. The Labute approximate surface area is 497 Å². The van der Waals surface area contributed by atoms with Gasteiger partial charge in [0.1, 0.15) is 42.3 Å². The molecule has 0 radical (unpaired) electrons. The molecule has 3 unspecified atom stereocenters. The van der Waals surface area contributed by atoms with E-state index in [4.69, 9.17) is 9.47 Å². The van der Waals surface area contributed by atoms with Crippen molar-refractivity contribution in [1.29, 1.82) is 0 Å². The van der Waals surface area contributed by atoms with Gasteiger partial charge in [-0.25, -0.2) is 9.59 Å². The van der Waals surface area contributed by atoms with Crippen LogP contribution in [0, 0.1) is 41.4 Å². The number of aliphatic hydroxyl groups excluding tert-OH is 1. The van der Waals surface area contributed by atoms with E-state index in [1.54, 1.807) is 27.9 Å². The van der Waals surface area contributed by atoms with Crippen LogP contribution in [0.1, 0.15) is 149 Å². The molecule has 0 aromatic heterocycles. The number of cyclic esters (lactones) is 2. The predicted octanol–water partition coefficient (Wildman–Crippen LogP) is 3.57. The quantitative estimate of drug-likeness (QED) is 0.0971. The summed E-state index contributed by atoms with van der Waals surface area (Å²) in [4.78, 5) is 141. The number of hydrogen-bond acceptors (Lipinski definition) is 15. The van der Waals surface area contributed by atoms with Crippen LogP contribution in [-0.4, -0.2) is 235 Å². The fraction of sp³-hybridized carbons (Fsp3) is 0.850. The van der Waals surface area contributed by atoms with Crippen LogP contribution in [-0.2, 0) is 47.8 Å². The second-order valence-electron chi connectivity index (χ2n) is 26.4. The summed E-state index contributed by atoms with van der Waals surface area (Å²) < 4.78 is 11.0. The van der Waals surface area contributed by atoms with Gasteiger partial charge in [0.25, 0.3) is 0 Å². The zero-order valence-corrected chi connectivity index (χ0v) is 54.7. The number of ether oxygens (including phenoxy) is 2. The number of methoxy groups -OCH3 is 1. The van der Waals surface area contributed by atoms with Crippen molar-refractivity contribution in [3.8, 4) is 0 Å². The first-order valence-electron chi connectivity index (χ1n) is 30.3. The van der Waals surface area contributed by atoms with Gasteiger partial charge >= 0.3 is 12.1 Å². The molecule has 23 nitrogen and oxygen atoms in total. The number of nitrogens with one attached hydrogen (secondary N) is 4. The SMILES string of the molecule is COC1CN(CC[C@@H](C)CC2C(=O)NC([C@@H](C)O)C(=O)N(C)CC(=O)N(C)[C@@H](CC(C)C)C(=O)N[C@H](CC(C)C)N(C)[C@H](CC(C)C)N[C@H](C)C(=O)OC(=O)N(C)[C@H](CC(C)C)C(=O)N[C@H](CC(C)C)C(=O)N(C)C(C(C)C)C(=O)N2C)C1. The Morgan fingerprint density at radius 3 is 1.54 bits per heavy atom. The van der Waals surface area contributed by atoms with Crippen LogP contribution >= 0.6 is 0 Å². The van der Waals surface area contributed by atoms with Gasteiger partial charge in [0.15, 0.2) is 0 Å². The Morgan fingerprint density at radius 2 is 1.05 bits per heavy atom. The number of esters is 1. The van der Waals surface area contributed by atoms with E-state index in [-0.39, 0.29) is 67.3 Å². The van der Waals surface area contributed by atoms with Crippen LogP contribution < -0.4 is 21.3 Å². The lowest BCUT2D eigenvalue weighted by Gasteiger charge is -2.40. The lowest BCUT2D eigenvalue weighted by molar-refractivity contribution is -0.152. The van der Waals surface area contributed by atoms with Crippen LogP contribution in [0.15, 0.2) is 0 Å². The smallest absolute Gasteiger partial charge is 0.391 e. The molecule has 2 aliphatic rings. The molecule has 0 spiro atoms. The van der Waals surface area contributed by atoms with Gasteiger partial charge in [0.2, 0.25) is 41.4 Å². The third-order valence-electron chi connectivity index (χ3n) is 16.0. The molecule has 478 valence electrons. The van der Waals surface area contributed by atoms with Gasteiger partial charge in [-0.1, -0.05) is 90.0 Å². The van der Waals surface area contributed by atoms with E-state index >= 15 is 4.79 Å². The van der Waals surface area contributed by atoms with E-state index in [0.29, 0.717) is 25.8 Å². The summed E-state index contributed by atoms with van der Waals surface area (Å²) in [6, 6.07) is -8.42. The molecule has 2 heterocycles. The fourth-order valence-corrected chi connectivity index (χ4v) is 10.8. The normalized spacial score (nSPS) is 27.3. The van der Waals surface area contributed by atoms with Gasteiger partial charge in [-0.2, -0.15) is 0 Å². The summed E-state index contributed by atoms with van der Waals surface area (Å²) >= 11 is 0. The molecule has 23 heteroatoms. The number of likely N-dealkylation sites (N-methyl/N-ethyl adjacent to an activating group) is 5. The maximum atomic E-state index is 15.1. The van der Waals surface area contributed by atoms with Crippen molar-refractivity contribution >= 4 is 53.4 Å². The van der Waals surface area contributed by atoms with Gasteiger partial charge in [0.05, 0.1) is 31.1 Å². The van der Waals surface area contributed by atoms with Gasteiger partial charge in [-0.3, -0.25) is 53.6 Å². The summed E-state index contributed by atoms with van der Waals surface area (Å²) in [6.45, 7) is 29.5. The van der Waals surface area contributed by atoms with Gasteiger partial charge in [-0.15, -0.1) is 0 Å². The number of nitrogens with zero attached hydrogens (tertiary/aromatic N) is 7. The maximum absolute atomic E-state index is 15.1. The summed E-state index contributed by atoms with van der Waals surface area (Å²) in [5.74, 6) is -6.23. The Kier molecular flexibility index (Phi) is 30.6. The summed E-state index contributed by atoms with van der Waals surface area (Å²) in [6.07, 6.45) is -1.34. The molecule has 2 fully saturated rings. The topological polar surface area (TPSA) is 263 Å². The van der Waals surface area contributed by atoms with Crippen molar-refractivity contribution in [2.45, 2.75) is 216 Å². The van der Waals surface area contributed by atoms with Crippen molar-refractivity contribution in [2.24, 2.45) is 41.4 Å². The van der Waals surface area contributed by atoms with E-state index in [1.165, 1.54) is 56.9 Å². The Balaban J connectivity index is 2.91. The molecule has 2 aliphatic heterocycles. The first-order chi connectivity index (χ1) is 38.4. The van der Waals surface area contributed by atoms with E-state index < -0.39 is 127 Å². The highest BCUT2D eigenvalue weighted by Gasteiger charge is 2.43. The summed E-state index contributed by atoms with van der Waals surface area (Å²) in [5, 5.41) is 23.4. The molecule has 8 amide bonds. The Morgan fingerprint density at radius 1 is 0.566 bits per heavy atom. The molecule has 2 rings (SSSR count). The molecule has 0 saturated carbocycles. The minimum atomic E-state index is -1.57. The predicted molar refractivity (Wildman–Crippen MR) is 320 cm³/mol. The number of carbonyl (C=O) groups excluding carboxylic acids is 9. The van der Waals surface area contributed by atoms with E-state index in [2.05, 4.69) is 26.2 Å². The molecule has 2 saturated heterocycles. The monoisotopic (exact) mass is 1180 g/mol. The minimum Gasteiger partial charge on any atom is -0.391 e. The molecule has 0 aromatic rings. The van der Waals surface area contributed by atoms with Crippen LogP contribution in [0.3, 0.4) is 0 Å². The Bertz CT molecular complexity index is 2140. The molecule has 0 aliphatic carbocycles. The first-order valence-corrected chi connectivity index (χ1v) is 30.3. The highest BCUT2D eigenvalue weighted by Crippen LogP contribution is 2.25. The number of rotatable bonds is 18. The van der Waals surface area contributed by atoms with Gasteiger partial charge in [-0.05, 0) is 114 Å². The zero-order valence-electron chi connectivity index (χ0n) is 54.7. The summed E-state index contributed by atoms with van der Waals surface area (Å²) in [5.41, 5.74) is 0. The second-order valence-corrected chi connectivity index (χ2v) is 26.4. The Hall–Kier alpha value is -4.97. The summed E-state index contributed by atoms with van der Waals surface area (Å²) in [7, 11) is 10.6. The average Bonchev–Trinajstić information content (AvgIpc) is 3.40. The van der Waals surface area contributed by atoms with Gasteiger partial charge < -0.3 is 50.1 Å². The first kappa shape index (κ1) is 74.1. The molecule has 5 N–H and O–H groups in total. The second kappa shape index (κ2) is 34.2. The molecular weight excluding hydrogens is 1070 g/mol. The van der Waals surface area contributed by atoms with Crippen LogP contribution in [0.25, 0.3) is 0 Å².